The SMILES string of the molecule is CC1CN(C)C(C)CC1NC1CCN(C(=O)C2CC2)CC1. The van der Waals surface area contributed by atoms with Gasteiger partial charge in [0.05, 0.1) is 0 Å². The fourth-order valence-electron chi connectivity index (χ4n) is 3.93. The quantitative estimate of drug-likeness (QED) is 0.860. The van der Waals surface area contributed by atoms with E-state index in [4.69, 9.17) is 0 Å². The molecule has 4 nitrogen and oxygen atoms in total. The van der Waals surface area contributed by atoms with Crippen molar-refractivity contribution in [1.29, 1.82) is 0 Å². The third kappa shape index (κ3) is 3.59. The van der Waals surface area contributed by atoms with Gasteiger partial charge in [-0.3, -0.25) is 4.79 Å². The van der Waals surface area contributed by atoms with Gasteiger partial charge < -0.3 is 15.1 Å². The fraction of sp³-hybridized carbons (Fsp3) is 0.941. The number of amides is 1. The molecular formula is C17H31N3O. The van der Waals surface area contributed by atoms with E-state index >= 15 is 0 Å². The Morgan fingerprint density at radius 1 is 1.10 bits per heavy atom. The molecule has 2 aliphatic heterocycles. The van der Waals surface area contributed by atoms with Crippen molar-refractivity contribution in [2.45, 2.75) is 64.1 Å². The van der Waals surface area contributed by atoms with Crippen molar-refractivity contribution >= 4 is 5.91 Å². The van der Waals surface area contributed by atoms with Crippen molar-refractivity contribution in [3.8, 4) is 0 Å². The lowest BCUT2D eigenvalue weighted by Crippen LogP contribution is -2.55. The maximum Gasteiger partial charge on any atom is 0.225 e. The van der Waals surface area contributed by atoms with E-state index in [1.807, 2.05) is 0 Å². The summed E-state index contributed by atoms with van der Waals surface area (Å²) in [5, 5.41) is 3.90. The van der Waals surface area contributed by atoms with Gasteiger partial charge in [0.1, 0.15) is 0 Å². The zero-order chi connectivity index (χ0) is 15.0. The molecule has 3 aliphatic rings. The lowest BCUT2D eigenvalue weighted by molar-refractivity contribution is -0.133. The van der Waals surface area contributed by atoms with E-state index in [0.29, 0.717) is 30.0 Å². The molecule has 0 aromatic carbocycles. The van der Waals surface area contributed by atoms with E-state index in [9.17, 15) is 4.79 Å². The van der Waals surface area contributed by atoms with E-state index in [-0.39, 0.29) is 0 Å². The lowest BCUT2D eigenvalue weighted by Gasteiger charge is -2.43. The molecule has 0 aromatic heterocycles. The molecular weight excluding hydrogens is 262 g/mol. The van der Waals surface area contributed by atoms with Gasteiger partial charge in [0.15, 0.2) is 0 Å². The standard InChI is InChI=1S/C17H31N3O/c1-12-11-19(3)13(2)10-16(12)18-15-6-8-20(9-7-15)17(21)14-4-5-14/h12-16,18H,4-11H2,1-3H3. The number of likely N-dealkylation sites (tertiary alicyclic amines) is 2. The van der Waals surface area contributed by atoms with Crippen molar-refractivity contribution in [2.75, 3.05) is 26.7 Å². The van der Waals surface area contributed by atoms with Crippen LogP contribution in [0.25, 0.3) is 0 Å². The highest BCUT2D eigenvalue weighted by Crippen LogP contribution is 2.32. The van der Waals surface area contributed by atoms with Crippen molar-refractivity contribution in [2.24, 2.45) is 11.8 Å². The second-order valence-electron chi connectivity index (χ2n) is 7.65. The van der Waals surface area contributed by atoms with Crippen LogP contribution in [0.5, 0.6) is 0 Å². The van der Waals surface area contributed by atoms with Crippen LogP contribution in [0.2, 0.25) is 0 Å². The summed E-state index contributed by atoms with van der Waals surface area (Å²) in [5.41, 5.74) is 0. The number of hydrogen-bond donors (Lipinski definition) is 1. The summed E-state index contributed by atoms with van der Waals surface area (Å²) in [4.78, 5) is 16.7. The molecule has 2 heterocycles. The minimum Gasteiger partial charge on any atom is -0.342 e. The first-order chi connectivity index (χ1) is 10.0. The molecule has 3 rings (SSSR count). The highest BCUT2D eigenvalue weighted by atomic mass is 16.2. The van der Waals surface area contributed by atoms with Crippen molar-refractivity contribution in [3.63, 3.8) is 0 Å². The van der Waals surface area contributed by atoms with Gasteiger partial charge in [0.2, 0.25) is 5.91 Å². The van der Waals surface area contributed by atoms with Crippen molar-refractivity contribution in [3.05, 3.63) is 0 Å². The van der Waals surface area contributed by atoms with E-state index in [1.165, 1.54) is 13.0 Å². The van der Waals surface area contributed by atoms with Gasteiger partial charge in [0.25, 0.3) is 0 Å². The first-order valence-electron chi connectivity index (χ1n) is 8.79. The van der Waals surface area contributed by atoms with Gasteiger partial charge in [-0.2, -0.15) is 0 Å². The van der Waals surface area contributed by atoms with E-state index in [1.54, 1.807) is 0 Å². The van der Waals surface area contributed by atoms with Gasteiger partial charge in [-0.1, -0.05) is 6.92 Å². The van der Waals surface area contributed by atoms with Crippen LogP contribution < -0.4 is 5.32 Å². The first-order valence-corrected chi connectivity index (χ1v) is 8.79. The number of nitrogens with one attached hydrogen (secondary N) is 1. The summed E-state index contributed by atoms with van der Waals surface area (Å²) in [7, 11) is 2.24. The van der Waals surface area contributed by atoms with E-state index in [0.717, 1.165) is 44.7 Å². The normalized spacial score (nSPS) is 36.0. The summed E-state index contributed by atoms with van der Waals surface area (Å²) >= 11 is 0. The van der Waals surface area contributed by atoms with Crippen LogP contribution in [0.3, 0.4) is 0 Å². The number of piperidine rings is 2. The minimum atomic E-state index is 0.379. The molecule has 1 aliphatic carbocycles. The van der Waals surface area contributed by atoms with E-state index < -0.39 is 0 Å². The maximum atomic E-state index is 12.1. The zero-order valence-corrected chi connectivity index (χ0v) is 13.8. The zero-order valence-electron chi connectivity index (χ0n) is 13.8. The monoisotopic (exact) mass is 293 g/mol. The smallest absolute Gasteiger partial charge is 0.225 e. The van der Waals surface area contributed by atoms with Gasteiger partial charge >= 0.3 is 0 Å². The molecule has 0 spiro atoms. The number of carbonyl (C=O) groups is 1. The molecule has 3 unspecified atom stereocenters. The van der Waals surface area contributed by atoms with Crippen LogP contribution in [0, 0.1) is 11.8 Å². The Balaban J connectivity index is 1.45. The Hall–Kier alpha value is -0.610. The Morgan fingerprint density at radius 3 is 2.38 bits per heavy atom. The van der Waals surface area contributed by atoms with Crippen LogP contribution in [0.4, 0.5) is 0 Å². The van der Waals surface area contributed by atoms with Crippen LogP contribution in [-0.2, 0) is 4.79 Å². The summed E-state index contributed by atoms with van der Waals surface area (Å²) in [6.45, 7) is 7.81. The number of nitrogens with zero attached hydrogens (tertiary/aromatic N) is 2. The molecule has 0 aromatic rings. The molecule has 1 amide bonds. The molecule has 2 saturated heterocycles. The van der Waals surface area contributed by atoms with Crippen molar-refractivity contribution in [1.82, 2.24) is 15.1 Å². The number of carbonyl (C=O) groups excluding carboxylic acids is 1. The predicted octanol–water partition coefficient (Wildman–Crippen LogP) is 1.71. The highest BCUT2D eigenvalue weighted by molar-refractivity contribution is 5.81. The molecule has 3 fully saturated rings. The topological polar surface area (TPSA) is 35.6 Å². The second-order valence-corrected chi connectivity index (χ2v) is 7.65. The van der Waals surface area contributed by atoms with Crippen LogP contribution >= 0.6 is 0 Å². The summed E-state index contributed by atoms with van der Waals surface area (Å²) in [5.74, 6) is 1.52. The van der Waals surface area contributed by atoms with Crippen LogP contribution in [0.15, 0.2) is 0 Å². The summed E-state index contributed by atoms with van der Waals surface area (Å²) in [6, 6.07) is 1.93. The maximum absolute atomic E-state index is 12.1. The third-order valence-corrected chi connectivity index (χ3v) is 5.79. The number of hydrogen-bond acceptors (Lipinski definition) is 3. The molecule has 120 valence electrons. The molecule has 1 N–H and O–H groups in total. The van der Waals surface area contributed by atoms with Crippen molar-refractivity contribution < 1.29 is 4.79 Å². The Kier molecular flexibility index (Phi) is 4.55. The fourth-order valence-corrected chi connectivity index (χ4v) is 3.93. The third-order valence-electron chi connectivity index (χ3n) is 5.79. The first kappa shape index (κ1) is 15.3. The molecule has 1 saturated carbocycles. The molecule has 4 heteroatoms. The second kappa shape index (κ2) is 6.25. The minimum absolute atomic E-state index is 0.379. The van der Waals surface area contributed by atoms with Gasteiger partial charge in [-0.05, 0) is 52.0 Å². The molecule has 0 radical (unpaired) electrons. The average Bonchev–Trinajstić information content (AvgIpc) is 3.29. The van der Waals surface area contributed by atoms with Crippen LogP contribution in [-0.4, -0.2) is 60.5 Å². The van der Waals surface area contributed by atoms with Gasteiger partial charge in [-0.25, -0.2) is 0 Å². The highest BCUT2D eigenvalue weighted by Gasteiger charge is 2.36. The average molecular weight is 293 g/mol. The Labute approximate surface area is 129 Å². The van der Waals surface area contributed by atoms with E-state index in [2.05, 4.69) is 36.0 Å². The Bertz CT molecular complexity index is 374. The molecule has 0 bridgehead atoms. The predicted molar refractivity (Wildman–Crippen MR) is 85.1 cm³/mol. The van der Waals surface area contributed by atoms with Gasteiger partial charge in [0, 0.05) is 43.7 Å². The number of rotatable bonds is 3. The summed E-state index contributed by atoms with van der Waals surface area (Å²) in [6.07, 6.45) is 5.76. The molecule has 3 atom stereocenters. The lowest BCUT2D eigenvalue weighted by atomic mass is 9.88. The summed E-state index contributed by atoms with van der Waals surface area (Å²) < 4.78 is 0. The van der Waals surface area contributed by atoms with Gasteiger partial charge in [-0.15, -0.1) is 0 Å². The Morgan fingerprint density at radius 2 is 1.76 bits per heavy atom. The molecule has 21 heavy (non-hydrogen) atoms. The largest absolute Gasteiger partial charge is 0.342 e. The van der Waals surface area contributed by atoms with Crippen LogP contribution in [0.1, 0.15) is 46.0 Å².